The number of rotatable bonds is 2. The molecule has 0 aromatic heterocycles. The number of benzene rings is 1. The number of halogens is 2. The van der Waals surface area contributed by atoms with E-state index in [9.17, 15) is 8.78 Å². The molecule has 14 heavy (non-hydrogen) atoms. The Morgan fingerprint density at radius 2 is 1.93 bits per heavy atom. The van der Waals surface area contributed by atoms with E-state index in [0.717, 1.165) is 6.07 Å². The number of nitrogens with zero attached hydrogens (tertiary/aromatic N) is 1. The second-order valence-corrected chi connectivity index (χ2v) is 3.52. The number of nitriles is 1. The van der Waals surface area contributed by atoms with Gasteiger partial charge in [-0.15, -0.1) is 0 Å². The van der Waals surface area contributed by atoms with Crippen LogP contribution in [0, 0.1) is 28.9 Å². The van der Waals surface area contributed by atoms with Gasteiger partial charge in [-0.05, 0) is 12.0 Å². The minimum absolute atomic E-state index is 0.0139. The lowest BCUT2D eigenvalue weighted by Gasteiger charge is -2.13. The Labute approximate surface area is 82.0 Å². The molecule has 0 fully saturated rings. The number of hydrogen-bond donors (Lipinski definition) is 0. The molecule has 3 heteroatoms. The van der Waals surface area contributed by atoms with Crippen molar-refractivity contribution in [2.45, 2.75) is 19.8 Å². The summed E-state index contributed by atoms with van der Waals surface area (Å²) < 4.78 is 25.8. The predicted molar refractivity (Wildman–Crippen MR) is 49.6 cm³/mol. The molecule has 0 bridgehead atoms. The van der Waals surface area contributed by atoms with Gasteiger partial charge in [-0.1, -0.05) is 19.9 Å². The quantitative estimate of drug-likeness (QED) is 0.710. The van der Waals surface area contributed by atoms with Crippen molar-refractivity contribution < 1.29 is 8.78 Å². The second kappa shape index (κ2) is 4.19. The molecule has 0 N–H and O–H groups in total. The van der Waals surface area contributed by atoms with Crippen molar-refractivity contribution >= 4 is 0 Å². The summed E-state index contributed by atoms with van der Waals surface area (Å²) in [5.74, 6) is -1.77. The Hall–Kier alpha value is -1.43. The van der Waals surface area contributed by atoms with E-state index in [4.69, 9.17) is 5.26 Å². The van der Waals surface area contributed by atoms with E-state index in [1.54, 1.807) is 0 Å². The van der Waals surface area contributed by atoms with Crippen LogP contribution in [0.2, 0.25) is 0 Å². The molecule has 0 aliphatic rings. The SMILES string of the molecule is CC(C)C(C#N)c1ccc(F)cc1F. The molecule has 0 radical (unpaired) electrons. The van der Waals surface area contributed by atoms with Crippen molar-refractivity contribution in [1.29, 1.82) is 5.26 Å². The Balaban J connectivity index is 3.13. The van der Waals surface area contributed by atoms with Gasteiger partial charge in [0.05, 0.1) is 12.0 Å². The Morgan fingerprint density at radius 3 is 2.36 bits per heavy atom. The lowest BCUT2D eigenvalue weighted by atomic mass is 9.89. The van der Waals surface area contributed by atoms with Crippen molar-refractivity contribution in [3.8, 4) is 6.07 Å². The van der Waals surface area contributed by atoms with E-state index < -0.39 is 17.6 Å². The molecule has 74 valence electrons. The van der Waals surface area contributed by atoms with Gasteiger partial charge >= 0.3 is 0 Å². The molecule has 0 amide bonds. The number of hydrogen-bond acceptors (Lipinski definition) is 1. The zero-order valence-corrected chi connectivity index (χ0v) is 8.09. The average molecular weight is 195 g/mol. The average Bonchev–Trinajstić information content (AvgIpc) is 2.09. The van der Waals surface area contributed by atoms with E-state index in [1.807, 2.05) is 19.9 Å². The summed E-state index contributed by atoms with van der Waals surface area (Å²) in [4.78, 5) is 0. The van der Waals surface area contributed by atoms with Crippen LogP contribution in [0.15, 0.2) is 18.2 Å². The van der Waals surface area contributed by atoms with E-state index in [0.29, 0.717) is 0 Å². The summed E-state index contributed by atoms with van der Waals surface area (Å²) in [7, 11) is 0. The molecule has 0 saturated carbocycles. The standard InChI is InChI=1S/C11H11F2N/c1-7(2)10(6-14)9-4-3-8(12)5-11(9)13/h3-5,7,10H,1-2H3. The van der Waals surface area contributed by atoms with Crippen molar-refractivity contribution in [3.63, 3.8) is 0 Å². The van der Waals surface area contributed by atoms with Gasteiger partial charge < -0.3 is 0 Å². The van der Waals surface area contributed by atoms with Crippen LogP contribution in [-0.2, 0) is 0 Å². The van der Waals surface area contributed by atoms with Gasteiger partial charge in [0, 0.05) is 11.6 Å². The monoisotopic (exact) mass is 195 g/mol. The Kier molecular flexibility index (Phi) is 3.19. The third-order valence-electron chi connectivity index (χ3n) is 2.10. The maximum Gasteiger partial charge on any atom is 0.130 e. The fourth-order valence-electron chi connectivity index (χ4n) is 1.33. The van der Waals surface area contributed by atoms with E-state index in [1.165, 1.54) is 12.1 Å². The molecule has 0 heterocycles. The Bertz CT molecular complexity index is 366. The van der Waals surface area contributed by atoms with E-state index in [2.05, 4.69) is 0 Å². The highest BCUT2D eigenvalue weighted by Gasteiger charge is 2.18. The Morgan fingerprint density at radius 1 is 1.29 bits per heavy atom. The van der Waals surface area contributed by atoms with E-state index in [-0.39, 0.29) is 11.5 Å². The molecule has 0 aliphatic carbocycles. The van der Waals surface area contributed by atoms with Crippen molar-refractivity contribution in [1.82, 2.24) is 0 Å². The van der Waals surface area contributed by atoms with Gasteiger partial charge in [0.1, 0.15) is 11.6 Å². The molecule has 1 aromatic carbocycles. The molecule has 1 nitrogen and oxygen atoms in total. The summed E-state index contributed by atoms with van der Waals surface area (Å²) in [6, 6.07) is 5.33. The van der Waals surface area contributed by atoms with Crippen LogP contribution in [0.1, 0.15) is 25.3 Å². The minimum Gasteiger partial charge on any atom is -0.207 e. The second-order valence-electron chi connectivity index (χ2n) is 3.52. The first kappa shape index (κ1) is 10.6. The summed E-state index contributed by atoms with van der Waals surface area (Å²) in [6.45, 7) is 3.66. The summed E-state index contributed by atoms with van der Waals surface area (Å²) in [5.41, 5.74) is 0.268. The highest BCUT2D eigenvalue weighted by Crippen LogP contribution is 2.26. The first-order chi connectivity index (χ1) is 6.56. The fourth-order valence-corrected chi connectivity index (χ4v) is 1.33. The van der Waals surface area contributed by atoms with Gasteiger partial charge in [-0.3, -0.25) is 0 Å². The van der Waals surface area contributed by atoms with Gasteiger partial charge in [0.2, 0.25) is 0 Å². The largest absolute Gasteiger partial charge is 0.207 e. The van der Waals surface area contributed by atoms with Crippen molar-refractivity contribution in [3.05, 3.63) is 35.4 Å². The van der Waals surface area contributed by atoms with Crippen LogP contribution in [0.4, 0.5) is 8.78 Å². The molecular weight excluding hydrogens is 184 g/mol. The highest BCUT2D eigenvalue weighted by molar-refractivity contribution is 5.27. The molecular formula is C11H11F2N. The smallest absolute Gasteiger partial charge is 0.130 e. The van der Waals surface area contributed by atoms with Crippen LogP contribution < -0.4 is 0 Å². The molecule has 1 unspecified atom stereocenters. The maximum atomic E-state index is 13.3. The zero-order chi connectivity index (χ0) is 10.7. The minimum atomic E-state index is -0.648. The molecule has 1 rings (SSSR count). The van der Waals surface area contributed by atoms with Gasteiger partial charge in [0.25, 0.3) is 0 Å². The predicted octanol–water partition coefficient (Wildman–Crippen LogP) is 3.23. The van der Waals surface area contributed by atoms with Gasteiger partial charge in [0.15, 0.2) is 0 Å². The first-order valence-corrected chi connectivity index (χ1v) is 4.40. The molecule has 1 aromatic rings. The third-order valence-corrected chi connectivity index (χ3v) is 2.10. The maximum absolute atomic E-state index is 13.3. The van der Waals surface area contributed by atoms with Crippen molar-refractivity contribution in [2.24, 2.45) is 5.92 Å². The molecule has 1 atom stereocenters. The van der Waals surface area contributed by atoms with Gasteiger partial charge in [-0.25, -0.2) is 8.78 Å². The molecule has 0 saturated heterocycles. The van der Waals surface area contributed by atoms with Crippen LogP contribution in [0.3, 0.4) is 0 Å². The molecule has 0 aliphatic heterocycles. The summed E-state index contributed by atoms with van der Waals surface area (Å²) >= 11 is 0. The summed E-state index contributed by atoms with van der Waals surface area (Å²) in [6.07, 6.45) is 0. The third kappa shape index (κ3) is 2.08. The normalized spacial score (nSPS) is 12.6. The summed E-state index contributed by atoms with van der Waals surface area (Å²) in [5, 5.41) is 8.83. The fraction of sp³-hybridized carbons (Fsp3) is 0.364. The van der Waals surface area contributed by atoms with Crippen LogP contribution in [-0.4, -0.2) is 0 Å². The molecule has 0 spiro atoms. The van der Waals surface area contributed by atoms with Crippen LogP contribution >= 0.6 is 0 Å². The first-order valence-electron chi connectivity index (χ1n) is 4.40. The lowest BCUT2D eigenvalue weighted by Crippen LogP contribution is -2.06. The topological polar surface area (TPSA) is 23.8 Å². The van der Waals surface area contributed by atoms with Gasteiger partial charge in [-0.2, -0.15) is 5.26 Å². The van der Waals surface area contributed by atoms with Crippen LogP contribution in [0.5, 0.6) is 0 Å². The highest BCUT2D eigenvalue weighted by atomic mass is 19.1. The lowest BCUT2D eigenvalue weighted by molar-refractivity contribution is 0.527. The zero-order valence-electron chi connectivity index (χ0n) is 8.09. The van der Waals surface area contributed by atoms with E-state index >= 15 is 0 Å². The van der Waals surface area contributed by atoms with Crippen LogP contribution in [0.25, 0.3) is 0 Å². The van der Waals surface area contributed by atoms with Crippen molar-refractivity contribution in [2.75, 3.05) is 0 Å².